The van der Waals surface area contributed by atoms with Crippen molar-refractivity contribution in [2.75, 3.05) is 39.7 Å². The molecule has 0 spiro atoms. The Balaban J connectivity index is 1.61. The molecule has 0 aliphatic heterocycles. The van der Waals surface area contributed by atoms with E-state index >= 15 is 0 Å². The van der Waals surface area contributed by atoms with Gasteiger partial charge in [-0.25, -0.2) is 0 Å². The van der Waals surface area contributed by atoms with Gasteiger partial charge in [-0.15, -0.1) is 0 Å². The van der Waals surface area contributed by atoms with Crippen LogP contribution in [0, 0.1) is 0 Å². The molecule has 0 fully saturated rings. The van der Waals surface area contributed by atoms with Gasteiger partial charge in [0.05, 0.1) is 21.3 Å². The molecule has 27 heavy (non-hydrogen) atoms. The number of rotatable bonds is 8. The third-order valence-corrected chi connectivity index (χ3v) is 5.27. The molecule has 1 atom stereocenters. The van der Waals surface area contributed by atoms with Gasteiger partial charge in [-0.2, -0.15) is 0 Å². The summed E-state index contributed by atoms with van der Waals surface area (Å²) < 4.78 is 16.1. The lowest BCUT2D eigenvalue weighted by molar-refractivity contribution is 0.394. The summed E-state index contributed by atoms with van der Waals surface area (Å²) in [5.41, 5.74) is 3.39. The van der Waals surface area contributed by atoms with Crippen molar-refractivity contribution in [1.29, 1.82) is 0 Å². The first-order valence-electron chi connectivity index (χ1n) is 9.22. The van der Waals surface area contributed by atoms with E-state index < -0.39 is 0 Å². The molecule has 1 unspecified atom stereocenters. The molecule has 5 nitrogen and oxygen atoms in total. The second-order valence-corrected chi connectivity index (χ2v) is 6.98. The maximum absolute atomic E-state index is 6.50. The van der Waals surface area contributed by atoms with Gasteiger partial charge < -0.3 is 24.8 Å². The van der Waals surface area contributed by atoms with E-state index in [1.165, 1.54) is 11.1 Å². The first-order chi connectivity index (χ1) is 13.2. The Bertz CT molecular complexity index is 760. The Labute approximate surface area is 166 Å². The molecule has 0 radical (unpaired) electrons. The fraction of sp³-hybridized carbons (Fsp3) is 0.429. The van der Waals surface area contributed by atoms with Crippen molar-refractivity contribution in [2.45, 2.75) is 25.3 Å². The number of hydrogen-bond donors (Lipinski definition) is 2. The first-order valence-corrected chi connectivity index (χ1v) is 9.59. The predicted octanol–water partition coefficient (Wildman–Crippen LogP) is 4.44. The van der Waals surface area contributed by atoms with Crippen LogP contribution in [0.15, 0.2) is 30.3 Å². The van der Waals surface area contributed by atoms with Crippen LogP contribution in [0.1, 0.15) is 30.0 Å². The molecule has 6 heteroatoms. The summed E-state index contributed by atoms with van der Waals surface area (Å²) in [7, 11) is 5.02. The Kier molecular flexibility index (Phi) is 6.69. The predicted molar refractivity (Wildman–Crippen MR) is 110 cm³/mol. The van der Waals surface area contributed by atoms with Crippen molar-refractivity contribution in [3.63, 3.8) is 0 Å². The third-order valence-electron chi connectivity index (χ3n) is 4.95. The van der Waals surface area contributed by atoms with Gasteiger partial charge in [0, 0.05) is 53.6 Å². The molecular formula is C21H27ClN2O3. The highest BCUT2D eigenvalue weighted by atomic mass is 35.5. The summed E-state index contributed by atoms with van der Waals surface area (Å²) in [4.78, 5) is 0. The Morgan fingerprint density at radius 3 is 2.41 bits per heavy atom. The van der Waals surface area contributed by atoms with E-state index in [2.05, 4.69) is 10.6 Å². The van der Waals surface area contributed by atoms with E-state index in [0.717, 1.165) is 60.3 Å². The van der Waals surface area contributed by atoms with Gasteiger partial charge in [0.2, 0.25) is 0 Å². The summed E-state index contributed by atoms with van der Waals surface area (Å²) >= 11 is 6.50. The minimum absolute atomic E-state index is 0.248. The third kappa shape index (κ3) is 4.60. The van der Waals surface area contributed by atoms with Crippen LogP contribution in [0.3, 0.4) is 0 Å². The minimum Gasteiger partial charge on any atom is -0.497 e. The quantitative estimate of drug-likeness (QED) is 0.652. The van der Waals surface area contributed by atoms with E-state index in [-0.39, 0.29) is 6.04 Å². The zero-order valence-corrected chi connectivity index (χ0v) is 16.9. The molecule has 0 bridgehead atoms. The van der Waals surface area contributed by atoms with Crippen LogP contribution in [0.25, 0.3) is 0 Å². The molecule has 3 rings (SSSR count). The minimum atomic E-state index is 0.248. The topological polar surface area (TPSA) is 51.8 Å². The summed E-state index contributed by atoms with van der Waals surface area (Å²) in [5.74, 6) is 2.47. The van der Waals surface area contributed by atoms with Crippen LogP contribution in [0.5, 0.6) is 17.2 Å². The largest absolute Gasteiger partial charge is 0.497 e. The average molecular weight is 391 g/mol. The van der Waals surface area contributed by atoms with E-state index in [0.29, 0.717) is 0 Å². The lowest BCUT2D eigenvalue weighted by atomic mass is 9.87. The van der Waals surface area contributed by atoms with Crippen molar-refractivity contribution in [1.82, 2.24) is 5.32 Å². The highest BCUT2D eigenvalue weighted by Crippen LogP contribution is 2.39. The van der Waals surface area contributed by atoms with Crippen molar-refractivity contribution >= 4 is 17.3 Å². The highest BCUT2D eigenvalue weighted by Gasteiger charge is 2.25. The Morgan fingerprint density at radius 1 is 1.00 bits per heavy atom. The van der Waals surface area contributed by atoms with E-state index in [1.54, 1.807) is 21.3 Å². The van der Waals surface area contributed by atoms with Gasteiger partial charge in [-0.05, 0) is 37.0 Å². The van der Waals surface area contributed by atoms with Crippen molar-refractivity contribution < 1.29 is 14.2 Å². The number of ether oxygens (including phenoxy) is 3. The van der Waals surface area contributed by atoms with Crippen LogP contribution >= 0.6 is 11.6 Å². The lowest BCUT2D eigenvalue weighted by Gasteiger charge is -2.29. The van der Waals surface area contributed by atoms with Crippen LogP contribution in [0.2, 0.25) is 5.02 Å². The lowest BCUT2D eigenvalue weighted by Crippen LogP contribution is -2.30. The summed E-state index contributed by atoms with van der Waals surface area (Å²) in [6, 6.07) is 9.91. The number of methoxy groups -OCH3 is 3. The van der Waals surface area contributed by atoms with Crippen molar-refractivity contribution in [3.8, 4) is 17.2 Å². The monoisotopic (exact) mass is 390 g/mol. The highest BCUT2D eigenvalue weighted by molar-refractivity contribution is 6.31. The fourth-order valence-corrected chi connectivity index (χ4v) is 3.94. The molecule has 2 N–H and O–H groups in total. The van der Waals surface area contributed by atoms with Crippen LogP contribution < -0.4 is 24.8 Å². The molecule has 146 valence electrons. The standard InChI is InChI=1S/C21H27ClN2O3/c1-25-15-11-14(12-16(13-15)26-2)23-9-10-24-19-6-4-5-17-20(27-3)8-7-18(22)21(17)19/h7-8,11-13,19,23-24H,4-6,9-10H2,1-3H3. The second-order valence-electron chi connectivity index (χ2n) is 6.57. The smallest absolute Gasteiger partial charge is 0.124 e. The fourth-order valence-electron chi connectivity index (χ4n) is 3.64. The van der Waals surface area contributed by atoms with Gasteiger partial charge in [-0.3, -0.25) is 0 Å². The summed E-state index contributed by atoms with van der Waals surface area (Å²) in [6.07, 6.45) is 3.22. The maximum Gasteiger partial charge on any atom is 0.124 e. The van der Waals surface area contributed by atoms with Gasteiger partial charge >= 0.3 is 0 Å². The molecular weight excluding hydrogens is 364 g/mol. The Morgan fingerprint density at radius 2 is 1.74 bits per heavy atom. The van der Waals surface area contributed by atoms with Crippen molar-refractivity contribution in [3.05, 3.63) is 46.5 Å². The SMILES string of the molecule is COc1cc(NCCNC2CCCc3c(OC)ccc(Cl)c32)cc(OC)c1. The van der Waals surface area contributed by atoms with E-state index in [4.69, 9.17) is 25.8 Å². The zero-order valence-electron chi connectivity index (χ0n) is 16.1. The number of nitrogens with one attached hydrogen (secondary N) is 2. The molecule has 1 aliphatic carbocycles. The average Bonchev–Trinajstić information content (AvgIpc) is 2.71. The number of halogens is 1. The molecule has 0 saturated heterocycles. The van der Waals surface area contributed by atoms with Crippen LogP contribution in [-0.4, -0.2) is 34.4 Å². The molecule has 0 aromatic heterocycles. The second kappa shape index (κ2) is 9.20. The van der Waals surface area contributed by atoms with Crippen LogP contribution in [0.4, 0.5) is 5.69 Å². The molecule has 2 aromatic rings. The van der Waals surface area contributed by atoms with Gasteiger partial charge in [0.15, 0.2) is 0 Å². The molecule has 0 amide bonds. The normalized spacial score (nSPS) is 15.8. The number of hydrogen-bond acceptors (Lipinski definition) is 5. The molecule has 1 aliphatic rings. The first kappa shape index (κ1) is 19.6. The molecule has 2 aromatic carbocycles. The number of benzene rings is 2. The van der Waals surface area contributed by atoms with Crippen molar-refractivity contribution in [2.24, 2.45) is 0 Å². The van der Waals surface area contributed by atoms with Gasteiger partial charge in [-0.1, -0.05) is 11.6 Å². The van der Waals surface area contributed by atoms with Gasteiger partial charge in [0.25, 0.3) is 0 Å². The maximum atomic E-state index is 6.50. The van der Waals surface area contributed by atoms with Gasteiger partial charge in [0.1, 0.15) is 17.2 Å². The molecule has 0 heterocycles. The molecule has 0 saturated carbocycles. The summed E-state index contributed by atoms with van der Waals surface area (Å²) in [6.45, 7) is 1.60. The summed E-state index contributed by atoms with van der Waals surface area (Å²) in [5, 5.41) is 7.86. The van der Waals surface area contributed by atoms with Crippen LogP contribution in [-0.2, 0) is 6.42 Å². The van der Waals surface area contributed by atoms with E-state index in [9.17, 15) is 0 Å². The zero-order chi connectivity index (χ0) is 19.2. The number of fused-ring (bicyclic) bond motifs is 1. The Hall–Kier alpha value is -2.11. The van der Waals surface area contributed by atoms with E-state index in [1.807, 2.05) is 30.3 Å². The number of anilines is 1.